The largest absolute Gasteiger partial charge is 0.438 e. The summed E-state index contributed by atoms with van der Waals surface area (Å²) in [5, 5.41) is 6.01. The van der Waals surface area contributed by atoms with E-state index in [0.717, 1.165) is 35.9 Å². The fourth-order valence-electron chi connectivity index (χ4n) is 5.05. The van der Waals surface area contributed by atoms with Gasteiger partial charge in [-0.05, 0) is 70.7 Å². The standard InChI is InChI=1S/C27H34N4O2/c1-26(2)14-20(15-27(3,4)31(26)5)29-16-18-10-12-23(22-9-7-6-8-21(18)22)33-24-13-11-19(17-30-24)25(28)32/h6-13,17,20,29H,14-16H2,1-5H3,(H2,28,32). The van der Waals surface area contributed by atoms with E-state index in [9.17, 15) is 4.79 Å². The number of primary amides is 1. The molecule has 174 valence electrons. The maximum atomic E-state index is 11.3. The van der Waals surface area contributed by atoms with E-state index in [1.807, 2.05) is 12.1 Å². The third-order valence-corrected chi connectivity index (χ3v) is 7.10. The van der Waals surface area contributed by atoms with Gasteiger partial charge in [0.05, 0.1) is 5.56 Å². The van der Waals surface area contributed by atoms with Crippen LogP contribution in [-0.4, -0.2) is 40.0 Å². The second-order valence-electron chi connectivity index (χ2n) is 10.3. The summed E-state index contributed by atoms with van der Waals surface area (Å²) in [6.45, 7) is 10.1. The minimum Gasteiger partial charge on any atom is -0.438 e. The molecule has 0 aliphatic carbocycles. The number of hydrogen-bond donors (Lipinski definition) is 2. The molecule has 2 aromatic carbocycles. The summed E-state index contributed by atoms with van der Waals surface area (Å²) >= 11 is 0. The number of aromatic nitrogens is 1. The number of pyridine rings is 1. The lowest BCUT2D eigenvalue weighted by Gasteiger charge is -2.53. The number of amides is 1. The van der Waals surface area contributed by atoms with E-state index in [1.165, 1.54) is 11.8 Å². The first-order valence-electron chi connectivity index (χ1n) is 11.5. The number of nitrogens with two attached hydrogens (primary N) is 1. The smallest absolute Gasteiger partial charge is 0.250 e. The van der Waals surface area contributed by atoms with Crippen LogP contribution in [-0.2, 0) is 6.54 Å². The van der Waals surface area contributed by atoms with Gasteiger partial charge in [-0.15, -0.1) is 0 Å². The van der Waals surface area contributed by atoms with Gasteiger partial charge < -0.3 is 15.8 Å². The molecule has 0 atom stereocenters. The molecule has 0 spiro atoms. The first-order valence-corrected chi connectivity index (χ1v) is 11.5. The van der Waals surface area contributed by atoms with Crippen LogP contribution in [0.25, 0.3) is 10.8 Å². The summed E-state index contributed by atoms with van der Waals surface area (Å²) in [4.78, 5) is 18.0. The Morgan fingerprint density at radius 3 is 2.33 bits per heavy atom. The maximum Gasteiger partial charge on any atom is 0.250 e. The van der Waals surface area contributed by atoms with Gasteiger partial charge >= 0.3 is 0 Å². The van der Waals surface area contributed by atoms with Gasteiger partial charge in [-0.2, -0.15) is 0 Å². The lowest BCUT2D eigenvalue weighted by molar-refractivity contribution is -0.0183. The van der Waals surface area contributed by atoms with Crippen molar-refractivity contribution in [3.63, 3.8) is 0 Å². The van der Waals surface area contributed by atoms with Crippen LogP contribution in [0.3, 0.4) is 0 Å². The number of ether oxygens (including phenoxy) is 1. The highest BCUT2D eigenvalue weighted by atomic mass is 16.5. The van der Waals surface area contributed by atoms with Gasteiger partial charge in [-0.1, -0.05) is 30.3 Å². The minimum atomic E-state index is -0.507. The summed E-state index contributed by atoms with van der Waals surface area (Å²) < 4.78 is 6.05. The molecular formula is C27H34N4O2. The van der Waals surface area contributed by atoms with Crippen molar-refractivity contribution in [1.29, 1.82) is 0 Å². The summed E-state index contributed by atoms with van der Waals surface area (Å²) in [5.41, 5.74) is 7.19. The van der Waals surface area contributed by atoms with E-state index in [-0.39, 0.29) is 11.1 Å². The number of nitrogens with zero attached hydrogens (tertiary/aromatic N) is 2. The molecule has 2 heterocycles. The summed E-state index contributed by atoms with van der Waals surface area (Å²) in [7, 11) is 2.23. The predicted molar refractivity (Wildman–Crippen MR) is 133 cm³/mol. The summed E-state index contributed by atoms with van der Waals surface area (Å²) in [6, 6.07) is 16.1. The topological polar surface area (TPSA) is 80.5 Å². The molecule has 33 heavy (non-hydrogen) atoms. The number of nitrogens with one attached hydrogen (secondary N) is 1. The third-order valence-electron chi connectivity index (χ3n) is 7.10. The SMILES string of the molecule is CN1C(C)(C)CC(NCc2ccc(Oc3ccc(C(N)=O)cn3)c3ccccc23)CC1(C)C. The zero-order valence-electron chi connectivity index (χ0n) is 20.2. The van der Waals surface area contributed by atoms with Crippen LogP contribution < -0.4 is 15.8 Å². The molecule has 1 amide bonds. The first-order chi connectivity index (χ1) is 15.6. The Bertz CT molecular complexity index is 1140. The molecule has 0 saturated carbocycles. The highest BCUT2D eigenvalue weighted by molar-refractivity contribution is 5.92. The molecule has 1 aromatic heterocycles. The maximum absolute atomic E-state index is 11.3. The Morgan fingerprint density at radius 1 is 1.06 bits per heavy atom. The Labute approximate surface area is 196 Å². The fourth-order valence-corrected chi connectivity index (χ4v) is 5.05. The number of benzene rings is 2. The van der Waals surface area contributed by atoms with Crippen LogP contribution in [0.2, 0.25) is 0 Å². The molecule has 0 radical (unpaired) electrons. The van der Waals surface area contributed by atoms with Gasteiger partial charge in [-0.3, -0.25) is 9.69 Å². The molecule has 4 rings (SSSR count). The van der Waals surface area contributed by atoms with E-state index in [0.29, 0.717) is 17.5 Å². The normalized spacial score (nSPS) is 18.3. The van der Waals surface area contributed by atoms with Crippen molar-refractivity contribution in [2.75, 3.05) is 7.05 Å². The Balaban J connectivity index is 1.54. The number of likely N-dealkylation sites (tertiary alicyclic amines) is 1. The molecule has 6 nitrogen and oxygen atoms in total. The van der Waals surface area contributed by atoms with Crippen molar-refractivity contribution in [2.24, 2.45) is 5.73 Å². The molecular weight excluding hydrogens is 412 g/mol. The molecule has 3 N–H and O–H groups in total. The number of carbonyl (C=O) groups excluding carboxylic acids is 1. The van der Waals surface area contributed by atoms with Gasteiger partial charge in [0.15, 0.2) is 0 Å². The van der Waals surface area contributed by atoms with E-state index in [2.05, 4.69) is 74.2 Å². The second kappa shape index (κ2) is 8.76. The number of fused-ring (bicyclic) bond motifs is 1. The zero-order valence-corrected chi connectivity index (χ0v) is 20.2. The van der Waals surface area contributed by atoms with Gasteiger partial charge in [0, 0.05) is 41.3 Å². The molecule has 6 heteroatoms. The fraction of sp³-hybridized carbons (Fsp3) is 0.407. The predicted octanol–water partition coefficient (Wildman–Crippen LogP) is 4.87. The average molecular weight is 447 g/mol. The third kappa shape index (κ3) is 4.87. The van der Waals surface area contributed by atoms with Crippen LogP contribution in [0.5, 0.6) is 11.6 Å². The Morgan fingerprint density at radius 2 is 1.73 bits per heavy atom. The van der Waals surface area contributed by atoms with Crippen LogP contribution in [0.4, 0.5) is 0 Å². The lowest BCUT2D eigenvalue weighted by Crippen LogP contribution is -2.62. The van der Waals surface area contributed by atoms with Crippen LogP contribution in [0, 0.1) is 0 Å². The van der Waals surface area contributed by atoms with Crippen molar-refractivity contribution in [3.05, 3.63) is 65.9 Å². The van der Waals surface area contributed by atoms with Crippen molar-refractivity contribution >= 4 is 16.7 Å². The van der Waals surface area contributed by atoms with Crippen LogP contribution in [0.1, 0.15) is 56.5 Å². The first kappa shape index (κ1) is 23.2. The average Bonchev–Trinajstić information content (AvgIpc) is 2.77. The molecule has 1 saturated heterocycles. The number of carbonyl (C=O) groups is 1. The number of piperidine rings is 1. The Kier molecular flexibility index (Phi) is 6.16. The monoisotopic (exact) mass is 446 g/mol. The van der Waals surface area contributed by atoms with E-state index in [4.69, 9.17) is 10.5 Å². The molecule has 1 aliphatic heterocycles. The highest BCUT2D eigenvalue weighted by Gasteiger charge is 2.42. The molecule has 0 bridgehead atoms. The van der Waals surface area contributed by atoms with Gasteiger partial charge in [0.1, 0.15) is 5.75 Å². The van der Waals surface area contributed by atoms with Gasteiger partial charge in [-0.25, -0.2) is 4.98 Å². The van der Waals surface area contributed by atoms with Crippen LogP contribution in [0.15, 0.2) is 54.7 Å². The van der Waals surface area contributed by atoms with Crippen molar-refractivity contribution in [3.8, 4) is 11.6 Å². The lowest BCUT2D eigenvalue weighted by atomic mass is 9.77. The second-order valence-corrected chi connectivity index (χ2v) is 10.3. The highest BCUT2D eigenvalue weighted by Crippen LogP contribution is 2.37. The number of hydrogen-bond acceptors (Lipinski definition) is 5. The van der Waals surface area contributed by atoms with Crippen LogP contribution >= 0.6 is 0 Å². The van der Waals surface area contributed by atoms with Crippen molar-refractivity contribution < 1.29 is 9.53 Å². The molecule has 3 aromatic rings. The molecule has 0 unspecified atom stereocenters. The van der Waals surface area contributed by atoms with E-state index in [1.54, 1.807) is 12.1 Å². The van der Waals surface area contributed by atoms with Crippen molar-refractivity contribution in [1.82, 2.24) is 15.2 Å². The number of rotatable bonds is 6. The Hall–Kier alpha value is -2.96. The quantitative estimate of drug-likeness (QED) is 0.565. The van der Waals surface area contributed by atoms with Gasteiger partial charge in [0.2, 0.25) is 11.8 Å². The van der Waals surface area contributed by atoms with Crippen molar-refractivity contribution in [2.45, 2.75) is 64.2 Å². The van der Waals surface area contributed by atoms with Gasteiger partial charge in [0.25, 0.3) is 0 Å². The van der Waals surface area contributed by atoms with E-state index >= 15 is 0 Å². The zero-order chi connectivity index (χ0) is 23.8. The molecule has 1 aliphatic rings. The molecule has 1 fully saturated rings. The summed E-state index contributed by atoms with van der Waals surface area (Å²) in [5.74, 6) is 0.648. The summed E-state index contributed by atoms with van der Waals surface area (Å²) in [6.07, 6.45) is 3.65. The van der Waals surface area contributed by atoms with E-state index < -0.39 is 5.91 Å². The minimum absolute atomic E-state index is 0.149.